The van der Waals surface area contributed by atoms with Crippen molar-refractivity contribution in [1.29, 1.82) is 5.26 Å². The van der Waals surface area contributed by atoms with Crippen molar-refractivity contribution < 1.29 is 4.74 Å². The first kappa shape index (κ1) is 20.2. The van der Waals surface area contributed by atoms with Crippen LogP contribution in [0.4, 0.5) is 0 Å². The van der Waals surface area contributed by atoms with Crippen LogP contribution in [0.5, 0.6) is 5.75 Å². The highest BCUT2D eigenvalue weighted by molar-refractivity contribution is 5.76. The summed E-state index contributed by atoms with van der Waals surface area (Å²) in [5, 5.41) is 22.1. The van der Waals surface area contributed by atoms with E-state index < -0.39 is 0 Å². The quantitative estimate of drug-likeness (QED) is 0.520. The van der Waals surface area contributed by atoms with Gasteiger partial charge in [0.25, 0.3) is 0 Å². The van der Waals surface area contributed by atoms with Gasteiger partial charge in [-0.05, 0) is 58.0 Å². The maximum atomic E-state index is 9.59. The number of pyridine rings is 2. The van der Waals surface area contributed by atoms with E-state index in [-0.39, 0.29) is 6.10 Å². The van der Waals surface area contributed by atoms with Gasteiger partial charge < -0.3 is 10.1 Å². The fraction of sp³-hybridized carbons (Fsp3) is 0.333. The van der Waals surface area contributed by atoms with Crippen molar-refractivity contribution in [2.45, 2.75) is 38.8 Å². The van der Waals surface area contributed by atoms with E-state index in [0.29, 0.717) is 22.9 Å². The predicted octanol–water partition coefficient (Wildman–Crippen LogP) is 3.84. The third-order valence-corrected chi connectivity index (χ3v) is 6.12. The Morgan fingerprint density at radius 2 is 2.06 bits per heavy atom. The minimum Gasteiger partial charge on any atom is -0.482 e. The highest BCUT2D eigenvalue weighted by Crippen LogP contribution is 2.34. The fourth-order valence-electron chi connectivity index (χ4n) is 4.40. The van der Waals surface area contributed by atoms with Crippen molar-refractivity contribution >= 4 is 5.52 Å². The first-order valence-electron chi connectivity index (χ1n) is 10.9. The summed E-state index contributed by atoms with van der Waals surface area (Å²) in [6, 6.07) is 10.4. The van der Waals surface area contributed by atoms with Crippen LogP contribution < -0.4 is 10.1 Å². The Bertz CT molecular complexity index is 1280. The number of nitrogens with zero attached hydrogens (tertiary/aromatic N) is 6. The van der Waals surface area contributed by atoms with Gasteiger partial charge in [-0.25, -0.2) is 4.52 Å². The van der Waals surface area contributed by atoms with Crippen molar-refractivity contribution in [3.8, 4) is 22.9 Å². The largest absolute Gasteiger partial charge is 0.482 e. The number of fused-ring (bicyclic) bond motifs is 1. The van der Waals surface area contributed by atoms with Crippen LogP contribution in [0.15, 0.2) is 49.1 Å². The molecule has 1 atom stereocenters. The SMILES string of the molecule is Cc1c(-c2cc(O[C@@H](C)c3ccccn3)c3c(C#N)cnn3c2)cnn1C1CCNCC1. The molecule has 32 heavy (non-hydrogen) atoms. The molecule has 8 nitrogen and oxygen atoms in total. The highest BCUT2D eigenvalue weighted by Gasteiger charge is 2.22. The Morgan fingerprint density at radius 1 is 1.22 bits per heavy atom. The molecule has 4 aromatic rings. The number of hydrogen-bond acceptors (Lipinski definition) is 6. The molecule has 8 heteroatoms. The molecule has 4 aromatic heterocycles. The number of hydrogen-bond donors (Lipinski definition) is 1. The Hall–Kier alpha value is -3.70. The zero-order valence-electron chi connectivity index (χ0n) is 18.2. The van der Waals surface area contributed by atoms with Gasteiger partial charge in [-0.15, -0.1) is 0 Å². The zero-order valence-corrected chi connectivity index (χ0v) is 18.2. The van der Waals surface area contributed by atoms with E-state index in [1.54, 1.807) is 16.9 Å². The summed E-state index contributed by atoms with van der Waals surface area (Å²) in [6.45, 7) is 6.08. The van der Waals surface area contributed by atoms with Gasteiger partial charge in [0, 0.05) is 29.2 Å². The van der Waals surface area contributed by atoms with Crippen molar-refractivity contribution in [2.24, 2.45) is 0 Å². The molecule has 5 rings (SSSR count). The molecule has 0 aliphatic carbocycles. The summed E-state index contributed by atoms with van der Waals surface area (Å²) in [5.74, 6) is 0.601. The molecule has 0 bridgehead atoms. The molecule has 1 aliphatic heterocycles. The maximum absolute atomic E-state index is 9.59. The molecule has 162 valence electrons. The van der Waals surface area contributed by atoms with Crippen LogP contribution in [-0.4, -0.2) is 37.5 Å². The molecular weight excluding hydrogens is 402 g/mol. The number of rotatable bonds is 5. The number of nitriles is 1. The topological polar surface area (TPSA) is 93.1 Å². The third-order valence-electron chi connectivity index (χ3n) is 6.12. The van der Waals surface area contributed by atoms with Gasteiger partial charge in [0.1, 0.15) is 29.0 Å². The minimum atomic E-state index is -0.282. The van der Waals surface area contributed by atoms with Gasteiger partial charge >= 0.3 is 0 Å². The van der Waals surface area contributed by atoms with Gasteiger partial charge in [0.05, 0.1) is 24.1 Å². The number of nitrogens with one attached hydrogen (secondary N) is 1. The highest BCUT2D eigenvalue weighted by atomic mass is 16.5. The summed E-state index contributed by atoms with van der Waals surface area (Å²) in [7, 11) is 0. The molecule has 1 aliphatic rings. The molecule has 5 heterocycles. The summed E-state index contributed by atoms with van der Waals surface area (Å²) in [6.07, 6.45) is 9.03. The molecular formula is C24H25N7O. The van der Waals surface area contributed by atoms with Gasteiger partial charge in [-0.1, -0.05) is 6.07 Å². The monoisotopic (exact) mass is 427 g/mol. The van der Waals surface area contributed by atoms with Crippen molar-refractivity contribution in [3.05, 3.63) is 66.0 Å². The summed E-state index contributed by atoms with van der Waals surface area (Å²) in [5.41, 5.74) is 5.06. The Kier molecular flexibility index (Phi) is 5.33. The maximum Gasteiger partial charge on any atom is 0.148 e. The molecule has 0 saturated carbocycles. The van der Waals surface area contributed by atoms with Gasteiger partial charge in [-0.3, -0.25) is 9.67 Å². The second kappa shape index (κ2) is 8.44. The summed E-state index contributed by atoms with van der Waals surface area (Å²) >= 11 is 0. The minimum absolute atomic E-state index is 0.282. The predicted molar refractivity (Wildman–Crippen MR) is 120 cm³/mol. The molecule has 1 N–H and O–H groups in total. The van der Waals surface area contributed by atoms with Crippen LogP contribution in [0.25, 0.3) is 16.6 Å². The van der Waals surface area contributed by atoms with Crippen LogP contribution >= 0.6 is 0 Å². The van der Waals surface area contributed by atoms with E-state index in [1.807, 2.05) is 43.6 Å². The van der Waals surface area contributed by atoms with E-state index >= 15 is 0 Å². The molecule has 0 amide bonds. The standard InChI is InChI=1S/C24H25N7O/c1-16-21(14-29-31(16)20-6-9-26-10-7-20)18-11-23(24-19(12-25)13-28-30(24)15-18)32-17(2)22-5-3-4-8-27-22/h3-5,8,11,13-15,17,20,26H,6-7,9-10H2,1-2H3/t17-/m0/s1. The normalized spacial score (nSPS) is 15.5. The van der Waals surface area contributed by atoms with Crippen LogP contribution in [0.3, 0.4) is 0 Å². The Labute approximate surface area is 186 Å². The first-order chi connectivity index (χ1) is 15.7. The second-order valence-corrected chi connectivity index (χ2v) is 8.14. The molecule has 0 unspecified atom stereocenters. The van der Waals surface area contributed by atoms with E-state index in [0.717, 1.165) is 48.4 Å². The summed E-state index contributed by atoms with van der Waals surface area (Å²) in [4.78, 5) is 4.40. The van der Waals surface area contributed by atoms with Crippen LogP contribution in [0, 0.1) is 18.3 Å². The van der Waals surface area contributed by atoms with Crippen LogP contribution in [0.1, 0.15) is 48.9 Å². The Balaban J connectivity index is 1.57. The van der Waals surface area contributed by atoms with Crippen molar-refractivity contribution in [3.63, 3.8) is 0 Å². The molecule has 0 radical (unpaired) electrons. The van der Waals surface area contributed by atoms with E-state index in [4.69, 9.17) is 9.84 Å². The smallest absolute Gasteiger partial charge is 0.148 e. The lowest BCUT2D eigenvalue weighted by Gasteiger charge is -2.24. The van der Waals surface area contributed by atoms with E-state index in [9.17, 15) is 5.26 Å². The summed E-state index contributed by atoms with van der Waals surface area (Å²) < 4.78 is 10.2. The van der Waals surface area contributed by atoms with Gasteiger partial charge in [-0.2, -0.15) is 15.5 Å². The Morgan fingerprint density at radius 3 is 2.81 bits per heavy atom. The van der Waals surface area contributed by atoms with Crippen LogP contribution in [0.2, 0.25) is 0 Å². The fourth-order valence-corrected chi connectivity index (χ4v) is 4.40. The lowest BCUT2D eigenvalue weighted by molar-refractivity contribution is 0.224. The zero-order chi connectivity index (χ0) is 22.1. The average Bonchev–Trinajstić information content (AvgIpc) is 3.43. The lowest BCUT2D eigenvalue weighted by atomic mass is 10.0. The number of piperidine rings is 1. The molecule has 0 spiro atoms. The average molecular weight is 428 g/mol. The van der Waals surface area contributed by atoms with E-state index in [2.05, 4.69) is 33.1 Å². The first-order valence-corrected chi connectivity index (χ1v) is 10.9. The van der Waals surface area contributed by atoms with Crippen molar-refractivity contribution in [2.75, 3.05) is 13.1 Å². The second-order valence-electron chi connectivity index (χ2n) is 8.14. The molecule has 0 aromatic carbocycles. The van der Waals surface area contributed by atoms with Crippen LogP contribution in [-0.2, 0) is 0 Å². The number of ether oxygens (including phenoxy) is 1. The lowest BCUT2D eigenvalue weighted by Crippen LogP contribution is -2.30. The number of aromatic nitrogens is 5. The molecule has 1 fully saturated rings. The van der Waals surface area contributed by atoms with E-state index in [1.165, 1.54) is 0 Å². The van der Waals surface area contributed by atoms with Gasteiger partial charge in [0.2, 0.25) is 0 Å². The van der Waals surface area contributed by atoms with Gasteiger partial charge in [0.15, 0.2) is 0 Å². The molecule has 1 saturated heterocycles. The third kappa shape index (κ3) is 3.61. The van der Waals surface area contributed by atoms with Crippen molar-refractivity contribution in [1.82, 2.24) is 29.7 Å².